The van der Waals surface area contributed by atoms with Crippen LogP contribution in [-0.2, 0) is 25.5 Å². The molecule has 1 spiro atoms. The number of unbranched alkanes of at least 4 members (excludes halogenated alkanes) is 1. The lowest BCUT2D eigenvalue weighted by Crippen LogP contribution is -2.40. The zero-order valence-electron chi connectivity index (χ0n) is 15.3. The van der Waals surface area contributed by atoms with Crippen molar-refractivity contribution in [3.05, 3.63) is 42.0 Å². The van der Waals surface area contributed by atoms with Gasteiger partial charge in [-0.2, -0.15) is 0 Å². The zero-order valence-corrected chi connectivity index (χ0v) is 15.3. The molecule has 0 unspecified atom stereocenters. The van der Waals surface area contributed by atoms with Gasteiger partial charge in [-0.3, -0.25) is 9.59 Å². The van der Waals surface area contributed by atoms with Crippen molar-refractivity contribution in [3.63, 3.8) is 0 Å². The number of carbonyl (C=O) groups is 2. The molecule has 4 atom stereocenters. The van der Waals surface area contributed by atoms with Crippen LogP contribution in [0.25, 0.3) is 0 Å². The van der Waals surface area contributed by atoms with E-state index in [1.165, 1.54) is 0 Å². The first-order valence-corrected chi connectivity index (χ1v) is 9.54. The Bertz CT molecular complexity index is 758. The molecule has 26 heavy (non-hydrogen) atoms. The molecule has 2 fully saturated rings. The third-order valence-corrected chi connectivity index (χ3v) is 5.78. The van der Waals surface area contributed by atoms with Crippen molar-refractivity contribution in [1.29, 1.82) is 0 Å². The number of hydrogen-bond donors (Lipinski definition) is 0. The summed E-state index contributed by atoms with van der Waals surface area (Å²) in [4.78, 5) is 27.7. The standard InChI is InChI=1S/C21H25NO4/c1-3-5-12-25-20(24)17-16-10-11-21(26-16)13-22(19(23)18(17)21)15-9-7-6-8-14(15)4-2/h6-11,16-18H,3-5,12-13H2,1-2H3/t16-,17-,18+,21-/m1/s1. The smallest absolute Gasteiger partial charge is 0.312 e. The fourth-order valence-corrected chi connectivity index (χ4v) is 4.46. The lowest BCUT2D eigenvalue weighted by molar-refractivity contribution is -0.152. The average molecular weight is 355 g/mol. The van der Waals surface area contributed by atoms with E-state index in [1.807, 2.05) is 36.4 Å². The number of para-hydroxylation sites is 1. The molecule has 0 aliphatic carbocycles. The second kappa shape index (κ2) is 6.54. The number of anilines is 1. The monoisotopic (exact) mass is 355 g/mol. The van der Waals surface area contributed by atoms with Gasteiger partial charge in [0.15, 0.2) is 0 Å². The maximum atomic E-state index is 13.3. The molecule has 3 aliphatic heterocycles. The fourth-order valence-electron chi connectivity index (χ4n) is 4.46. The molecule has 2 bridgehead atoms. The topological polar surface area (TPSA) is 55.8 Å². The Morgan fingerprint density at radius 2 is 2.15 bits per heavy atom. The SMILES string of the molecule is CCCCOC(=O)[C@H]1[C@H]2C(=O)N(c3ccccc3CC)C[C@]23C=C[C@H]1O3. The van der Waals surface area contributed by atoms with Crippen molar-refractivity contribution < 1.29 is 19.1 Å². The van der Waals surface area contributed by atoms with Gasteiger partial charge in [0.2, 0.25) is 5.91 Å². The van der Waals surface area contributed by atoms with Gasteiger partial charge in [0, 0.05) is 5.69 Å². The second-order valence-electron chi connectivity index (χ2n) is 7.33. The first-order chi connectivity index (χ1) is 12.6. The molecule has 0 radical (unpaired) electrons. The first kappa shape index (κ1) is 17.3. The Kier molecular flexibility index (Phi) is 4.35. The van der Waals surface area contributed by atoms with Gasteiger partial charge in [-0.1, -0.05) is 50.6 Å². The van der Waals surface area contributed by atoms with E-state index in [1.54, 1.807) is 4.90 Å². The van der Waals surface area contributed by atoms with E-state index in [4.69, 9.17) is 9.47 Å². The van der Waals surface area contributed by atoms with Crippen LogP contribution in [-0.4, -0.2) is 36.7 Å². The summed E-state index contributed by atoms with van der Waals surface area (Å²) in [5.41, 5.74) is 1.34. The van der Waals surface area contributed by atoms with Crippen molar-refractivity contribution in [2.45, 2.75) is 44.8 Å². The van der Waals surface area contributed by atoms with Crippen molar-refractivity contribution in [1.82, 2.24) is 0 Å². The summed E-state index contributed by atoms with van der Waals surface area (Å²) in [5, 5.41) is 0. The van der Waals surface area contributed by atoms with Gasteiger partial charge in [0.05, 0.1) is 25.2 Å². The van der Waals surface area contributed by atoms with Crippen LogP contribution in [0.3, 0.4) is 0 Å². The Hall–Kier alpha value is -2.14. The summed E-state index contributed by atoms with van der Waals surface area (Å²) in [6.45, 7) is 4.99. The van der Waals surface area contributed by atoms with E-state index >= 15 is 0 Å². The van der Waals surface area contributed by atoms with E-state index in [0.717, 1.165) is 30.5 Å². The summed E-state index contributed by atoms with van der Waals surface area (Å²) >= 11 is 0. The van der Waals surface area contributed by atoms with Crippen LogP contribution in [0, 0.1) is 11.8 Å². The Morgan fingerprint density at radius 1 is 1.35 bits per heavy atom. The minimum absolute atomic E-state index is 0.0322. The number of benzene rings is 1. The molecule has 5 nitrogen and oxygen atoms in total. The number of carbonyl (C=O) groups excluding carboxylic acids is 2. The molecule has 0 N–H and O–H groups in total. The Morgan fingerprint density at radius 3 is 2.92 bits per heavy atom. The zero-order chi connectivity index (χ0) is 18.3. The quantitative estimate of drug-likeness (QED) is 0.447. The lowest BCUT2D eigenvalue weighted by Gasteiger charge is -2.23. The van der Waals surface area contributed by atoms with Gasteiger partial charge in [0.25, 0.3) is 0 Å². The lowest BCUT2D eigenvalue weighted by atomic mass is 9.77. The summed E-state index contributed by atoms with van der Waals surface area (Å²) in [6, 6.07) is 7.94. The molecular formula is C21H25NO4. The highest BCUT2D eigenvalue weighted by molar-refractivity contribution is 6.03. The molecule has 0 aromatic heterocycles. The summed E-state index contributed by atoms with van der Waals surface area (Å²) in [7, 11) is 0. The third kappa shape index (κ3) is 2.49. The highest BCUT2D eigenvalue weighted by Crippen LogP contribution is 2.53. The largest absolute Gasteiger partial charge is 0.465 e. The molecule has 5 heteroatoms. The van der Waals surface area contributed by atoms with E-state index in [2.05, 4.69) is 13.8 Å². The average Bonchev–Trinajstić information content (AvgIpc) is 3.30. The van der Waals surface area contributed by atoms with Crippen molar-refractivity contribution in [2.24, 2.45) is 11.8 Å². The minimum atomic E-state index is -0.697. The molecular weight excluding hydrogens is 330 g/mol. The second-order valence-corrected chi connectivity index (χ2v) is 7.33. The molecule has 3 heterocycles. The van der Waals surface area contributed by atoms with Crippen molar-refractivity contribution >= 4 is 17.6 Å². The number of aryl methyl sites for hydroxylation is 1. The molecule has 4 rings (SSSR count). The van der Waals surface area contributed by atoms with Gasteiger partial charge in [-0.15, -0.1) is 0 Å². The van der Waals surface area contributed by atoms with Gasteiger partial charge in [0.1, 0.15) is 11.5 Å². The highest BCUT2D eigenvalue weighted by atomic mass is 16.6. The van der Waals surface area contributed by atoms with Crippen LogP contribution in [0.2, 0.25) is 0 Å². The summed E-state index contributed by atoms with van der Waals surface area (Å²) in [5.74, 6) is -1.37. The third-order valence-electron chi connectivity index (χ3n) is 5.78. The number of amides is 1. The summed E-state index contributed by atoms with van der Waals surface area (Å²) < 4.78 is 11.6. The number of hydrogen-bond acceptors (Lipinski definition) is 4. The fraction of sp³-hybridized carbons (Fsp3) is 0.524. The van der Waals surface area contributed by atoms with E-state index in [0.29, 0.717) is 13.2 Å². The highest BCUT2D eigenvalue weighted by Gasteiger charge is 2.67. The first-order valence-electron chi connectivity index (χ1n) is 9.54. The molecule has 0 saturated carbocycles. The Balaban J connectivity index is 1.62. The minimum Gasteiger partial charge on any atom is -0.465 e. The van der Waals surface area contributed by atoms with E-state index in [-0.39, 0.29) is 18.0 Å². The van der Waals surface area contributed by atoms with Crippen molar-refractivity contribution in [3.8, 4) is 0 Å². The molecule has 1 amide bonds. The van der Waals surface area contributed by atoms with Crippen LogP contribution < -0.4 is 4.90 Å². The van der Waals surface area contributed by atoms with Gasteiger partial charge in [-0.25, -0.2) is 0 Å². The maximum Gasteiger partial charge on any atom is 0.312 e. The molecule has 138 valence electrons. The normalized spacial score (nSPS) is 31.5. The van der Waals surface area contributed by atoms with E-state index in [9.17, 15) is 9.59 Å². The van der Waals surface area contributed by atoms with Crippen LogP contribution in [0.4, 0.5) is 5.69 Å². The van der Waals surface area contributed by atoms with Gasteiger partial charge < -0.3 is 14.4 Å². The number of esters is 1. The molecule has 1 aromatic rings. The number of rotatable bonds is 6. The number of nitrogens with zero attached hydrogens (tertiary/aromatic N) is 1. The molecule has 2 saturated heterocycles. The number of fused-ring (bicyclic) bond motifs is 1. The Labute approximate surface area is 154 Å². The summed E-state index contributed by atoms with van der Waals surface area (Å²) in [6.07, 6.45) is 6.20. The molecule has 1 aromatic carbocycles. The van der Waals surface area contributed by atoms with Crippen LogP contribution in [0.15, 0.2) is 36.4 Å². The van der Waals surface area contributed by atoms with Crippen LogP contribution in [0.5, 0.6) is 0 Å². The van der Waals surface area contributed by atoms with Gasteiger partial charge in [-0.05, 0) is 24.5 Å². The molecule has 3 aliphatic rings. The van der Waals surface area contributed by atoms with Crippen LogP contribution in [0.1, 0.15) is 32.3 Å². The van der Waals surface area contributed by atoms with Gasteiger partial charge >= 0.3 is 5.97 Å². The number of ether oxygens (including phenoxy) is 2. The predicted molar refractivity (Wildman–Crippen MR) is 97.8 cm³/mol. The van der Waals surface area contributed by atoms with Crippen molar-refractivity contribution in [2.75, 3.05) is 18.1 Å². The maximum absolute atomic E-state index is 13.3. The van der Waals surface area contributed by atoms with E-state index < -0.39 is 17.4 Å². The van der Waals surface area contributed by atoms with Crippen LogP contribution >= 0.6 is 0 Å². The predicted octanol–water partition coefficient (Wildman–Crippen LogP) is 2.88.